The fourth-order valence-electron chi connectivity index (χ4n) is 3.92. The molecule has 0 aromatic heterocycles. The van der Waals surface area contributed by atoms with E-state index in [1.165, 1.54) is 19.3 Å². The predicted octanol–water partition coefficient (Wildman–Crippen LogP) is 2.79. The zero-order valence-corrected chi connectivity index (χ0v) is 12.5. The Morgan fingerprint density at radius 2 is 1.81 bits per heavy atom. The van der Waals surface area contributed by atoms with Gasteiger partial charge in [0.05, 0.1) is 7.11 Å². The SMILES string of the molecule is COc1ccc(NC(=O)C2CC3CCCC(C2)C3N)cc1. The molecule has 1 amide bonds. The van der Waals surface area contributed by atoms with Crippen LogP contribution in [0.1, 0.15) is 32.1 Å². The Labute approximate surface area is 126 Å². The molecule has 21 heavy (non-hydrogen) atoms. The Bertz CT molecular complexity index is 486. The fraction of sp³-hybridized carbons (Fsp3) is 0.588. The molecule has 2 atom stereocenters. The molecule has 4 heteroatoms. The first-order valence-corrected chi connectivity index (χ1v) is 7.88. The van der Waals surface area contributed by atoms with E-state index in [0.717, 1.165) is 24.3 Å². The molecule has 0 aliphatic heterocycles. The number of benzene rings is 1. The van der Waals surface area contributed by atoms with E-state index in [-0.39, 0.29) is 11.8 Å². The van der Waals surface area contributed by atoms with Gasteiger partial charge in [0.1, 0.15) is 5.75 Å². The van der Waals surface area contributed by atoms with Gasteiger partial charge in [0, 0.05) is 17.6 Å². The Morgan fingerprint density at radius 1 is 1.19 bits per heavy atom. The van der Waals surface area contributed by atoms with Crippen LogP contribution >= 0.6 is 0 Å². The quantitative estimate of drug-likeness (QED) is 0.899. The van der Waals surface area contributed by atoms with Crippen molar-refractivity contribution in [2.24, 2.45) is 23.5 Å². The maximum atomic E-state index is 12.5. The Hall–Kier alpha value is -1.55. The number of ether oxygens (including phenoxy) is 1. The lowest BCUT2D eigenvalue weighted by Gasteiger charge is -2.43. The fourth-order valence-corrected chi connectivity index (χ4v) is 3.92. The van der Waals surface area contributed by atoms with Crippen LogP contribution in [0.25, 0.3) is 0 Å². The van der Waals surface area contributed by atoms with Gasteiger partial charge in [-0.3, -0.25) is 4.79 Å². The van der Waals surface area contributed by atoms with Crippen molar-refractivity contribution in [3.05, 3.63) is 24.3 Å². The summed E-state index contributed by atoms with van der Waals surface area (Å²) in [5.41, 5.74) is 7.12. The largest absolute Gasteiger partial charge is 0.497 e. The third kappa shape index (κ3) is 3.05. The number of anilines is 1. The van der Waals surface area contributed by atoms with Crippen molar-refractivity contribution in [2.45, 2.75) is 38.1 Å². The average Bonchev–Trinajstić information content (AvgIpc) is 2.47. The van der Waals surface area contributed by atoms with Crippen molar-refractivity contribution >= 4 is 11.6 Å². The molecule has 0 saturated heterocycles. The van der Waals surface area contributed by atoms with Crippen molar-refractivity contribution in [2.75, 3.05) is 12.4 Å². The minimum atomic E-state index is 0.113. The maximum absolute atomic E-state index is 12.5. The number of carbonyl (C=O) groups is 1. The molecule has 114 valence electrons. The highest BCUT2D eigenvalue weighted by Gasteiger charge is 2.40. The molecule has 2 aliphatic carbocycles. The number of hydrogen-bond donors (Lipinski definition) is 2. The van der Waals surface area contributed by atoms with Crippen LogP contribution in [0.15, 0.2) is 24.3 Å². The molecule has 4 nitrogen and oxygen atoms in total. The molecule has 2 fully saturated rings. The zero-order valence-electron chi connectivity index (χ0n) is 12.5. The summed E-state index contributed by atoms with van der Waals surface area (Å²) in [6.07, 6.45) is 5.53. The number of rotatable bonds is 3. The van der Waals surface area contributed by atoms with Gasteiger partial charge in [-0.1, -0.05) is 6.42 Å². The van der Waals surface area contributed by atoms with E-state index < -0.39 is 0 Å². The number of hydrogen-bond acceptors (Lipinski definition) is 3. The molecule has 3 N–H and O–H groups in total. The third-order valence-corrected chi connectivity index (χ3v) is 5.14. The molecule has 3 rings (SSSR count). The van der Waals surface area contributed by atoms with E-state index in [1.54, 1.807) is 7.11 Å². The number of nitrogens with two attached hydrogens (primary N) is 1. The lowest BCUT2D eigenvalue weighted by atomic mass is 9.65. The van der Waals surface area contributed by atoms with E-state index in [1.807, 2.05) is 24.3 Å². The van der Waals surface area contributed by atoms with E-state index in [0.29, 0.717) is 17.9 Å². The van der Waals surface area contributed by atoms with Crippen LogP contribution in [0.2, 0.25) is 0 Å². The molecular formula is C17H24N2O2. The Kier molecular flexibility index (Phi) is 4.15. The molecule has 2 aliphatic rings. The summed E-state index contributed by atoms with van der Waals surface area (Å²) >= 11 is 0. The lowest BCUT2D eigenvalue weighted by Crippen LogP contribution is -2.48. The van der Waals surface area contributed by atoms with Crippen molar-refractivity contribution < 1.29 is 9.53 Å². The van der Waals surface area contributed by atoms with Crippen LogP contribution < -0.4 is 15.8 Å². The van der Waals surface area contributed by atoms with Gasteiger partial charge in [0.15, 0.2) is 0 Å². The van der Waals surface area contributed by atoms with Gasteiger partial charge in [0.25, 0.3) is 0 Å². The van der Waals surface area contributed by atoms with Crippen LogP contribution in [0.4, 0.5) is 5.69 Å². The number of fused-ring (bicyclic) bond motifs is 2. The van der Waals surface area contributed by atoms with Crippen molar-refractivity contribution in [1.29, 1.82) is 0 Å². The van der Waals surface area contributed by atoms with Crippen molar-refractivity contribution in [3.63, 3.8) is 0 Å². The molecule has 0 spiro atoms. The molecule has 1 aromatic carbocycles. The second-order valence-electron chi connectivity index (χ2n) is 6.41. The van der Waals surface area contributed by atoms with Gasteiger partial charge in [-0.05, 0) is 61.8 Å². The highest BCUT2D eigenvalue weighted by atomic mass is 16.5. The van der Waals surface area contributed by atoms with Gasteiger partial charge < -0.3 is 15.8 Å². The summed E-state index contributed by atoms with van der Waals surface area (Å²) in [7, 11) is 1.64. The lowest BCUT2D eigenvalue weighted by molar-refractivity contribution is -0.122. The van der Waals surface area contributed by atoms with Crippen LogP contribution in [0.5, 0.6) is 5.75 Å². The molecule has 2 unspecified atom stereocenters. The average molecular weight is 288 g/mol. The highest BCUT2D eigenvalue weighted by molar-refractivity contribution is 5.92. The number of methoxy groups -OCH3 is 1. The van der Waals surface area contributed by atoms with E-state index in [2.05, 4.69) is 5.32 Å². The van der Waals surface area contributed by atoms with Crippen molar-refractivity contribution in [3.8, 4) is 5.75 Å². The molecule has 0 heterocycles. The zero-order chi connectivity index (χ0) is 14.8. The third-order valence-electron chi connectivity index (χ3n) is 5.14. The number of amides is 1. The minimum absolute atomic E-state index is 0.113. The molecule has 2 saturated carbocycles. The molecule has 1 aromatic rings. The summed E-state index contributed by atoms with van der Waals surface area (Å²) in [6, 6.07) is 7.80. The first-order chi connectivity index (χ1) is 10.2. The minimum Gasteiger partial charge on any atom is -0.497 e. The smallest absolute Gasteiger partial charge is 0.227 e. The van der Waals surface area contributed by atoms with E-state index in [9.17, 15) is 4.79 Å². The second-order valence-corrected chi connectivity index (χ2v) is 6.41. The summed E-state index contributed by atoms with van der Waals surface area (Å²) in [6.45, 7) is 0. The molecule has 0 radical (unpaired) electrons. The summed E-state index contributed by atoms with van der Waals surface area (Å²) in [4.78, 5) is 12.5. The van der Waals surface area contributed by atoms with Gasteiger partial charge in [-0.2, -0.15) is 0 Å². The summed E-state index contributed by atoms with van der Waals surface area (Å²) in [5, 5.41) is 3.03. The van der Waals surface area contributed by atoms with Crippen molar-refractivity contribution in [1.82, 2.24) is 0 Å². The molecular weight excluding hydrogens is 264 g/mol. The predicted molar refractivity (Wildman–Crippen MR) is 83.2 cm³/mol. The summed E-state index contributed by atoms with van der Waals surface area (Å²) in [5.74, 6) is 2.12. The van der Waals surface area contributed by atoms with E-state index in [4.69, 9.17) is 10.5 Å². The Balaban J connectivity index is 1.62. The number of carbonyl (C=O) groups excluding carboxylic acids is 1. The van der Waals surface area contributed by atoms with Crippen LogP contribution in [-0.4, -0.2) is 19.1 Å². The first-order valence-electron chi connectivity index (χ1n) is 7.88. The monoisotopic (exact) mass is 288 g/mol. The van der Waals surface area contributed by atoms with Gasteiger partial charge >= 0.3 is 0 Å². The number of nitrogens with one attached hydrogen (secondary N) is 1. The van der Waals surface area contributed by atoms with Crippen LogP contribution in [0.3, 0.4) is 0 Å². The second kappa shape index (κ2) is 6.06. The van der Waals surface area contributed by atoms with E-state index >= 15 is 0 Å². The van der Waals surface area contributed by atoms with Gasteiger partial charge in [-0.15, -0.1) is 0 Å². The topological polar surface area (TPSA) is 64.3 Å². The maximum Gasteiger partial charge on any atom is 0.227 e. The molecule has 2 bridgehead atoms. The Morgan fingerprint density at radius 3 is 2.38 bits per heavy atom. The first kappa shape index (κ1) is 14.4. The highest BCUT2D eigenvalue weighted by Crippen LogP contribution is 2.42. The van der Waals surface area contributed by atoms with Gasteiger partial charge in [0.2, 0.25) is 5.91 Å². The normalized spacial score (nSPS) is 31.5. The van der Waals surface area contributed by atoms with Crippen LogP contribution in [0, 0.1) is 17.8 Å². The standard InChI is InChI=1S/C17H24N2O2/c1-21-15-7-5-14(6-8-15)19-17(20)13-9-11-3-2-4-12(10-13)16(11)18/h5-8,11-13,16H,2-4,9-10,18H2,1H3,(H,19,20). The summed E-state index contributed by atoms with van der Waals surface area (Å²) < 4.78 is 5.13. The van der Waals surface area contributed by atoms with Gasteiger partial charge in [-0.25, -0.2) is 0 Å². The van der Waals surface area contributed by atoms with Crippen LogP contribution in [-0.2, 0) is 4.79 Å².